The maximum absolute atomic E-state index is 12.9. The Bertz CT molecular complexity index is 1100. The van der Waals surface area contributed by atoms with Crippen molar-refractivity contribution < 1.29 is 18.0 Å². The smallest absolute Gasteiger partial charge is 0.261 e. The van der Waals surface area contributed by atoms with Gasteiger partial charge in [-0.1, -0.05) is 25.1 Å². The molecule has 1 fully saturated rings. The molecule has 30 heavy (non-hydrogen) atoms. The number of thioether (sulfide) groups is 1. The molecule has 2 aromatic carbocycles. The van der Waals surface area contributed by atoms with Crippen LogP contribution < -0.4 is 10.0 Å². The minimum Gasteiger partial charge on any atom is -0.341 e. The van der Waals surface area contributed by atoms with Gasteiger partial charge in [0.05, 0.1) is 16.3 Å². The van der Waals surface area contributed by atoms with Gasteiger partial charge in [-0.25, -0.2) is 8.42 Å². The molecule has 0 bridgehead atoms. The van der Waals surface area contributed by atoms with Crippen molar-refractivity contribution in [2.45, 2.75) is 41.2 Å². The monoisotopic (exact) mass is 445 g/mol. The highest BCUT2D eigenvalue weighted by Crippen LogP contribution is 2.38. The Morgan fingerprint density at radius 3 is 2.67 bits per heavy atom. The molecule has 2 N–H and O–H groups in total. The average molecular weight is 446 g/mol. The lowest BCUT2D eigenvalue weighted by Gasteiger charge is -2.27. The summed E-state index contributed by atoms with van der Waals surface area (Å²) in [6.45, 7) is 3.31. The van der Waals surface area contributed by atoms with Gasteiger partial charge < -0.3 is 10.2 Å². The topological polar surface area (TPSA) is 95.6 Å². The molecule has 2 aliphatic heterocycles. The van der Waals surface area contributed by atoms with E-state index in [1.54, 1.807) is 23.1 Å². The number of para-hydroxylation sites is 1. The number of anilines is 2. The molecule has 0 aliphatic carbocycles. The molecule has 1 saturated heterocycles. The fourth-order valence-electron chi connectivity index (χ4n) is 3.65. The lowest BCUT2D eigenvalue weighted by Crippen LogP contribution is -2.43. The van der Waals surface area contributed by atoms with E-state index in [9.17, 15) is 18.0 Å². The first kappa shape index (κ1) is 20.7. The highest BCUT2D eigenvalue weighted by atomic mass is 32.2. The normalized spacial score (nSPS) is 18.6. The lowest BCUT2D eigenvalue weighted by atomic mass is 10.1. The number of amides is 2. The molecule has 2 heterocycles. The molecule has 2 aromatic rings. The fourth-order valence-corrected chi connectivity index (χ4v) is 5.83. The molecule has 0 aromatic heterocycles. The number of nitrogens with one attached hydrogen (secondary N) is 2. The SMILES string of the molecule is CCc1ccccc1NS(=O)(=O)c1ccc2c(c1)NC(=O)[C@H](C(=O)N1CCCC1)S2. The summed E-state index contributed by atoms with van der Waals surface area (Å²) in [6, 6.07) is 11.8. The van der Waals surface area contributed by atoms with Crippen molar-refractivity contribution in [1.82, 2.24) is 4.90 Å². The van der Waals surface area contributed by atoms with Gasteiger partial charge in [-0.2, -0.15) is 0 Å². The maximum atomic E-state index is 12.9. The van der Waals surface area contributed by atoms with Crippen LogP contribution in [0.5, 0.6) is 0 Å². The summed E-state index contributed by atoms with van der Waals surface area (Å²) >= 11 is 1.17. The van der Waals surface area contributed by atoms with Crippen molar-refractivity contribution >= 4 is 45.0 Å². The number of nitrogens with zero attached hydrogens (tertiary/aromatic N) is 1. The number of hydrogen-bond donors (Lipinski definition) is 2. The van der Waals surface area contributed by atoms with Crippen molar-refractivity contribution in [2.75, 3.05) is 23.1 Å². The lowest BCUT2D eigenvalue weighted by molar-refractivity contribution is -0.133. The maximum Gasteiger partial charge on any atom is 0.261 e. The molecular formula is C21H23N3O4S2. The van der Waals surface area contributed by atoms with Crippen LogP contribution in [0, 0.1) is 0 Å². The highest BCUT2D eigenvalue weighted by Gasteiger charge is 2.37. The number of fused-ring (bicyclic) bond motifs is 1. The predicted molar refractivity (Wildman–Crippen MR) is 117 cm³/mol. The van der Waals surface area contributed by atoms with Gasteiger partial charge in [0.2, 0.25) is 11.8 Å². The van der Waals surface area contributed by atoms with Gasteiger partial charge in [0.25, 0.3) is 10.0 Å². The zero-order valence-corrected chi connectivity index (χ0v) is 18.2. The summed E-state index contributed by atoms with van der Waals surface area (Å²) in [6.07, 6.45) is 2.61. The molecule has 0 spiro atoms. The summed E-state index contributed by atoms with van der Waals surface area (Å²) < 4.78 is 28.4. The van der Waals surface area contributed by atoms with Crippen molar-refractivity contribution in [3.8, 4) is 0 Å². The van der Waals surface area contributed by atoms with Crippen molar-refractivity contribution in [3.63, 3.8) is 0 Å². The molecule has 0 radical (unpaired) electrons. The summed E-state index contributed by atoms with van der Waals surface area (Å²) in [5, 5.41) is 1.87. The van der Waals surface area contributed by atoms with Crippen LogP contribution >= 0.6 is 11.8 Å². The van der Waals surface area contributed by atoms with Crippen LogP contribution in [0.15, 0.2) is 52.3 Å². The number of aryl methyl sites for hydroxylation is 1. The number of hydrogen-bond acceptors (Lipinski definition) is 5. The van der Waals surface area contributed by atoms with E-state index in [2.05, 4.69) is 10.0 Å². The Morgan fingerprint density at radius 1 is 1.20 bits per heavy atom. The molecule has 2 amide bonds. The molecule has 0 saturated carbocycles. The largest absolute Gasteiger partial charge is 0.341 e. The predicted octanol–water partition coefficient (Wildman–Crippen LogP) is 3.09. The summed E-state index contributed by atoms with van der Waals surface area (Å²) in [7, 11) is -3.83. The second-order valence-electron chi connectivity index (χ2n) is 7.29. The van der Waals surface area contributed by atoms with Gasteiger partial charge in [-0.05, 0) is 49.1 Å². The third kappa shape index (κ3) is 4.04. The number of sulfonamides is 1. The third-order valence-corrected chi connectivity index (χ3v) is 7.91. The van der Waals surface area contributed by atoms with Gasteiger partial charge in [0.15, 0.2) is 5.25 Å². The van der Waals surface area contributed by atoms with Crippen LogP contribution in [0.3, 0.4) is 0 Å². The Balaban J connectivity index is 1.56. The highest BCUT2D eigenvalue weighted by molar-refractivity contribution is 8.01. The number of benzene rings is 2. The first-order valence-electron chi connectivity index (χ1n) is 9.90. The van der Waals surface area contributed by atoms with E-state index in [0.717, 1.165) is 18.4 Å². The van der Waals surface area contributed by atoms with Crippen molar-refractivity contribution in [1.29, 1.82) is 0 Å². The summed E-state index contributed by atoms with van der Waals surface area (Å²) in [5.74, 6) is -0.599. The number of likely N-dealkylation sites (tertiary alicyclic amines) is 1. The Morgan fingerprint density at radius 2 is 1.93 bits per heavy atom. The van der Waals surface area contributed by atoms with E-state index in [1.807, 2.05) is 19.1 Å². The standard InChI is InChI=1S/C21H23N3O4S2/c1-2-14-7-3-4-8-16(14)23-30(27,28)15-9-10-18-17(13-15)22-20(25)19(29-18)21(26)24-11-5-6-12-24/h3-4,7-10,13,19,23H,2,5-6,11-12H2,1H3,(H,22,25)/t19-/m1/s1. The van der Waals surface area contributed by atoms with Crippen molar-refractivity contribution in [3.05, 3.63) is 48.0 Å². The second-order valence-corrected chi connectivity index (χ2v) is 10.1. The Labute approximate surface area is 180 Å². The number of rotatable bonds is 5. The number of carbonyl (C=O) groups excluding carboxylic acids is 2. The Kier molecular flexibility index (Phi) is 5.75. The van der Waals surface area contributed by atoms with Crippen LogP contribution in [0.4, 0.5) is 11.4 Å². The first-order chi connectivity index (χ1) is 14.4. The van der Waals surface area contributed by atoms with Gasteiger partial charge in [0, 0.05) is 18.0 Å². The minimum absolute atomic E-state index is 0.0531. The first-order valence-corrected chi connectivity index (χ1v) is 12.3. The van der Waals surface area contributed by atoms with Crippen molar-refractivity contribution in [2.24, 2.45) is 0 Å². The number of carbonyl (C=O) groups is 2. The molecule has 0 unspecified atom stereocenters. The van der Waals surface area contributed by atoms with E-state index in [0.29, 0.717) is 35.8 Å². The molecule has 158 valence electrons. The quantitative estimate of drug-likeness (QED) is 0.690. The minimum atomic E-state index is -3.83. The van der Waals surface area contributed by atoms with Gasteiger partial charge >= 0.3 is 0 Å². The van der Waals surface area contributed by atoms with E-state index in [4.69, 9.17) is 0 Å². The second kappa shape index (κ2) is 8.31. The van der Waals surface area contributed by atoms with Crippen LogP contribution in [0.1, 0.15) is 25.3 Å². The van der Waals surface area contributed by atoms with Crippen LogP contribution in [-0.4, -0.2) is 43.5 Å². The fraction of sp³-hybridized carbons (Fsp3) is 0.333. The summed E-state index contributed by atoms with van der Waals surface area (Å²) in [5.41, 5.74) is 1.83. The zero-order valence-electron chi connectivity index (χ0n) is 16.6. The van der Waals surface area contributed by atoms with E-state index >= 15 is 0 Å². The van der Waals surface area contributed by atoms with Crippen LogP contribution in [0.25, 0.3) is 0 Å². The molecule has 2 aliphatic rings. The van der Waals surface area contributed by atoms with E-state index in [-0.39, 0.29) is 10.8 Å². The summed E-state index contributed by atoms with van der Waals surface area (Å²) in [4.78, 5) is 27.6. The third-order valence-electron chi connectivity index (χ3n) is 5.29. The molecule has 7 nitrogen and oxygen atoms in total. The van der Waals surface area contributed by atoms with E-state index < -0.39 is 21.2 Å². The van der Waals surface area contributed by atoms with Gasteiger partial charge in [-0.3, -0.25) is 14.3 Å². The van der Waals surface area contributed by atoms with Gasteiger partial charge in [0.1, 0.15) is 0 Å². The zero-order chi connectivity index (χ0) is 21.3. The molecule has 1 atom stereocenters. The average Bonchev–Trinajstić information content (AvgIpc) is 3.27. The van der Waals surface area contributed by atoms with E-state index in [1.165, 1.54) is 23.9 Å². The van der Waals surface area contributed by atoms with Gasteiger partial charge in [-0.15, -0.1) is 11.8 Å². The van der Waals surface area contributed by atoms with Crippen LogP contribution in [-0.2, 0) is 26.0 Å². The molecule has 4 rings (SSSR count). The molecular weight excluding hydrogens is 422 g/mol. The molecule has 9 heteroatoms. The van der Waals surface area contributed by atoms with Crippen LogP contribution in [0.2, 0.25) is 0 Å². The Hall–Kier alpha value is -2.52.